The molecule has 1 aromatic heterocycles. The summed E-state index contributed by atoms with van der Waals surface area (Å²) >= 11 is 0. The summed E-state index contributed by atoms with van der Waals surface area (Å²) in [6, 6.07) is 8.86. The minimum Gasteiger partial charge on any atom is -0.465 e. The minimum atomic E-state index is -0.375. The van der Waals surface area contributed by atoms with Crippen LogP contribution in [0.15, 0.2) is 30.3 Å². The molecule has 3 rings (SSSR count). The summed E-state index contributed by atoms with van der Waals surface area (Å²) in [6.45, 7) is 4.76. The van der Waals surface area contributed by atoms with E-state index < -0.39 is 0 Å². The number of aryl methyl sites for hydroxylation is 1. The van der Waals surface area contributed by atoms with Crippen LogP contribution in [0.2, 0.25) is 0 Å². The molecule has 1 saturated heterocycles. The van der Waals surface area contributed by atoms with Crippen molar-refractivity contribution in [2.75, 3.05) is 43.5 Å². The second-order valence-electron chi connectivity index (χ2n) is 6.01. The van der Waals surface area contributed by atoms with Crippen molar-refractivity contribution in [1.29, 1.82) is 0 Å². The quantitative estimate of drug-likeness (QED) is 0.644. The Morgan fingerprint density at radius 2 is 1.85 bits per heavy atom. The van der Waals surface area contributed by atoms with Crippen LogP contribution in [0.3, 0.4) is 0 Å². The standard InChI is InChI=1S/C18H21N5O3/c1-13-11-16(23-9-7-22(12-24)8-10-23)21-18(19-13)20-15-5-3-14(4-6-15)17(25)26-2/h3-6,11-12H,7-10H2,1-2H3,(H,19,20,21). The van der Waals surface area contributed by atoms with Crippen LogP contribution in [0.5, 0.6) is 0 Å². The molecule has 136 valence electrons. The molecule has 0 radical (unpaired) electrons. The van der Waals surface area contributed by atoms with Gasteiger partial charge in [0.2, 0.25) is 12.4 Å². The number of esters is 1. The number of methoxy groups -OCH3 is 1. The number of benzene rings is 1. The van der Waals surface area contributed by atoms with Crippen LogP contribution < -0.4 is 10.2 Å². The second kappa shape index (κ2) is 7.81. The summed E-state index contributed by atoms with van der Waals surface area (Å²) < 4.78 is 4.69. The predicted molar refractivity (Wildman–Crippen MR) is 97.7 cm³/mol. The molecule has 8 heteroatoms. The molecule has 0 unspecified atom stereocenters. The van der Waals surface area contributed by atoms with Gasteiger partial charge in [-0.25, -0.2) is 9.78 Å². The summed E-state index contributed by atoms with van der Waals surface area (Å²) in [6.07, 6.45) is 0.882. The van der Waals surface area contributed by atoms with Crippen LogP contribution in [0, 0.1) is 6.92 Å². The van der Waals surface area contributed by atoms with E-state index in [1.54, 1.807) is 29.2 Å². The molecule has 1 fully saturated rings. The van der Waals surface area contributed by atoms with Crippen molar-refractivity contribution in [1.82, 2.24) is 14.9 Å². The molecule has 0 atom stereocenters. The van der Waals surface area contributed by atoms with Gasteiger partial charge in [0.05, 0.1) is 12.7 Å². The summed E-state index contributed by atoms with van der Waals surface area (Å²) in [5.41, 5.74) is 2.11. The number of piperazine rings is 1. The number of carbonyl (C=O) groups excluding carboxylic acids is 2. The van der Waals surface area contributed by atoms with Gasteiger partial charge < -0.3 is 19.9 Å². The Labute approximate surface area is 151 Å². The average molecular weight is 355 g/mol. The molecule has 1 N–H and O–H groups in total. The molecule has 2 heterocycles. The number of rotatable bonds is 5. The Kier molecular flexibility index (Phi) is 5.31. The maximum atomic E-state index is 11.5. The first kappa shape index (κ1) is 17.7. The molecular weight excluding hydrogens is 334 g/mol. The zero-order valence-corrected chi connectivity index (χ0v) is 14.8. The van der Waals surface area contributed by atoms with E-state index in [9.17, 15) is 9.59 Å². The van der Waals surface area contributed by atoms with E-state index in [0.717, 1.165) is 36.7 Å². The lowest BCUT2D eigenvalue weighted by molar-refractivity contribution is -0.118. The van der Waals surface area contributed by atoms with Crippen molar-refractivity contribution < 1.29 is 14.3 Å². The molecule has 1 aliphatic rings. The largest absolute Gasteiger partial charge is 0.465 e. The third-order valence-electron chi connectivity index (χ3n) is 4.19. The van der Waals surface area contributed by atoms with Crippen molar-refractivity contribution in [3.63, 3.8) is 0 Å². The number of hydrogen-bond acceptors (Lipinski definition) is 7. The van der Waals surface area contributed by atoms with Crippen LogP contribution in [0.25, 0.3) is 0 Å². The van der Waals surface area contributed by atoms with Gasteiger partial charge in [0.1, 0.15) is 5.82 Å². The average Bonchev–Trinajstić information content (AvgIpc) is 2.67. The van der Waals surface area contributed by atoms with Crippen molar-refractivity contribution >= 4 is 29.8 Å². The lowest BCUT2D eigenvalue weighted by atomic mass is 10.2. The SMILES string of the molecule is COC(=O)c1ccc(Nc2nc(C)cc(N3CCN(C=O)CC3)n2)cc1. The molecule has 0 bridgehead atoms. The monoisotopic (exact) mass is 355 g/mol. The smallest absolute Gasteiger partial charge is 0.337 e. The Balaban J connectivity index is 1.73. The van der Waals surface area contributed by atoms with Gasteiger partial charge in [-0.2, -0.15) is 4.98 Å². The number of anilines is 3. The highest BCUT2D eigenvalue weighted by Crippen LogP contribution is 2.20. The van der Waals surface area contributed by atoms with Crippen molar-refractivity contribution in [3.8, 4) is 0 Å². The summed E-state index contributed by atoms with van der Waals surface area (Å²) in [4.78, 5) is 35.2. The fraction of sp³-hybridized carbons (Fsp3) is 0.333. The summed E-state index contributed by atoms with van der Waals surface area (Å²) in [5, 5.41) is 3.16. The lowest BCUT2D eigenvalue weighted by Gasteiger charge is -2.33. The van der Waals surface area contributed by atoms with Crippen LogP contribution >= 0.6 is 0 Å². The van der Waals surface area contributed by atoms with Gasteiger partial charge in [0.25, 0.3) is 0 Å². The fourth-order valence-electron chi connectivity index (χ4n) is 2.76. The van der Waals surface area contributed by atoms with Gasteiger partial charge >= 0.3 is 5.97 Å². The van der Waals surface area contributed by atoms with Crippen LogP contribution in [-0.4, -0.2) is 60.5 Å². The van der Waals surface area contributed by atoms with Crippen LogP contribution in [0.1, 0.15) is 16.1 Å². The number of nitrogens with one attached hydrogen (secondary N) is 1. The molecule has 0 spiro atoms. The van der Waals surface area contributed by atoms with E-state index in [-0.39, 0.29) is 5.97 Å². The van der Waals surface area contributed by atoms with Crippen LogP contribution in [-0.2, 0) is 9.53 Å². The molecule has 26 heavy (non-hydrogen) atoms. The van der Waals surface area contributed by atoms with E-state index >= 15 is 0 Å². The highest BCUT2D eigenvalue weighted by atomic mass is 16.5. The number of ether oxygens (including phenoxy) is 1. The van der Waals surface area contributed by atoms with Gasteiger partial charge in [0, 0.05) is 43.6 Å². The van der Waals surface area contributed by atoms with Gasteiger partial charge in [-0.1, -0.05) is 0 Å². The number of nitrogens with zero attached hydrogens (tertiary/aromatic N) is 4. The topological polar surface area (TPSA) is 87.7 Å². The predicted octanol–water partition coefficient (Wildman–Crippen LogP) is 1.59. The molecule has 2 aromatic rings. The highest BCUT2D eigenvalue weighted by molar-refractivity contribution is 5.89. The molecule has 1 aliphatic heterocycles. The number of aromatic nitrogens is 2. The third kappa shape index (κ3) is 4.08. The van der Waals surface area contributed by atoms with E-state index in [2.05, 4.69) is 20.2 Å². The van der Waals surface area contributed by atoms with E-state index in [4.69, 9.17) is 4.74 Å². The first-order valence-corrected chi connectivity index (χ1v) is 8.34. The maximum absolute atomic E-state index is 11.5. The van der Waals surface area contributed by atoms with E-state index in [0.29, 0.717) is 24.6 Å². The van der Waals surface area contributed by atoms with Crippen LogP contribution in [0.4, 0.5) is 17.5 Å². The normalized spacial score (nSPS) is 14.1. The number of hydrogen-bond donors (Lipinski definition) is 1. The first-order chi connectivity index (χ1) is 12.6. The zero-order valence-electron chi connectivity index (χ0n) is 14.8. The Hall–Kier alpha value is -3.16. The lowest BCUT2D eigenvalue weighted by Crippen LogP contribution is -2.46. The van der Waals surface area contributed by atoms with Gasteiger partial charge in [0.15, 0.2) is 0 Å². The molecular formula is C18H21N5O3. The first-order valence-electron chi connectivity index (χ1n) is 8.34. The van der Waals surface area contributed by atoms with Gasteiger partial charge in [-0.3, -0.25) is 4.79 Å². The van der Waals surface area contributed by atoms with E-state index in [1.807, 2.05) is 13.0 Å². The van der Waals surface area contributed by atoms with Gasteiger partial charge in [-0.15, -0.1) is 0 Å². The highest BCUT2D eigenvalue weighted by Gasteiger charge is 2.18. The van der Waals surface area contributed by atoms with E-state index in [1.165, 1.54) is 7.11 Å². The number of amides is 1. The maximum Gasteiger partial charge on any atom is 0.337 e. The molecule has 8 nitrogen and oxygen atoms in total. The Morgan fingerprint density at radius 3 is 2.46 bits per heavy atom. The minimum absolute atomic E-state index is 0.375. The van der Waals surface area contributed by atoms with Crippen molar-refractivity contribution in [2.24, 2.45) is 0 Å². The molecule has 0 saturated carbocycles. The Bertz CT molecular complexity index is 786. The summed E-state index contributed by atoms with van der Waals surface area (Å²) in [7, 11) is 1.35. The molecule has 0 aliphatic carbocycles. The van der Waals surface area contributed by atoms with Gasteiger partial charge in [-0.05, 0) is 31.2 Å². The Morgan fingerprint density at radius 1 is 1.15 bits per heavy atom. The number of carbonyl (C=O) groups is 2. The summed E-state index contributed by atoms with van der Waals surface area (Å²) in [5.74, 6) is 0.945. The zero-order chi connectivity index (χ0) is 18.5. The second-order valence-corrected chi connectivity index (χ2v) is 6.01. The molecule has 1 amide bonds. The third-order valence-corrected chi connectivity index (χ3v) is 4.19. The fourth-order valence-corrected chi connectivity index (χ4v) is 2.76. The van der Waals surface area contributed by atoms with Crippen molar-refractivity contribution in [2.45, 2.75) is 6.92 Å². The van der Waals surface area contributed by atoms with Crippen molar-refractivity contribution in [3.05, 3.63) is 41.6 Å². The molecule has 1 aromatic carbocycles.